The van der Waals surface area contributed by atoms with E-state index in [9.17, 15) is 9.50 Å². The van der Waals surface area contributed by atoms with Crippen LogP contribution < -0.4 is 5.73 Å². The van der Waals surface area contributed by atoms with Gasteiger partial charge in [0.25, 0.3) is 0 Å². The summed E-state index contributed by atoms with van der Waals surface area (Å²) in [6.07, 6.45) is 2.58. The molecule has 0 atom stereocenters. The number of aromatic nitrogens is 2. The number of aliphatic hydroxyl groups excluding tert-OH is 1. The number of benzene rings is 1. The van der Waals surface area contributed by atoms with Gasteiger partial charge in [-0.15, -0.1) is 0 Å². The Labute approximate surface area is 148 Å². The molecule has 0 amide bonds. The number of halogens is 2. The quantitative estimate of drug-likeness (QED) is 0.624. The highest BCUT2D eigenvalue weighted by molar-refractivity contribution is 6.31. The minimum atomic E-state index is -0.536. The van der Waals surface area contributed by atoms with Gasteiger partial charge in [0.2, 0.25) is 0 Å². The van der Waals surface area contributed by atoms with E-state index in [0.29, 0.717) is 27.3 Å². The minimum absolute atomic E-state index is 0.0631. The SMILES string of the molecule is N=CC(=C(N)c1cc(Cl)ccc1F)c1ccc2ncc(CO)cc2n1. The molecule has 0 radical (unpaired) electrons. The molecule has 2 aromatic heterocycles. The maximum Gasteiger partial charge on any atom is 0.132 e. The number of allylic oxidation sites excluding steroid dienone is 1. The van der Waals surface area contributed by atoms with Crippen LogP contribution in [0.2, 0.25) is 5.02 Å². The number of nitrogens with zero attached hydrogens (tertiary/aromatic N) is 2. The fraction of sp³-hybridized carbons (Fsp3) is 0.0556. The molecular weight excluding hydrogens is 343 g/mol. The molecule has 0 saturated heterocycles. The Morgan fingerprint density at radius 2 is 2.04 bits per heavy atom. The lowest BCUT2D eigenvalue weighted by atomic mass is 10.0. The number of nitrogens with one attached hydrogen (secondary N) is 1. The predicted molar refractivity (Wildman–Crippen MR) is 96.7 cm³/mol. The highest BCUT2D eigenvalue weighted by Crippen LogP contribution is 2.26. The second-order valence-corrected chi connectivity index (χ2v) is 5.77. The van der Waals surface area contributed by atoms with E-state index >= 15 is 0 Å². The van der Waals surface area contributed by atoms with Crippen molar-refractivity contribution in [1.29, 1.82) is 5.41 Å². The molecule has 0 unspecified atom stereocenters. The summed E-state index contributed by atoms with van der Waals surface area (Å²) in [6, 6.07) is 9.13. The number of hydrogen-bond acceptors (Lipinski definition) is 5. The molecule has 0 fully saturated rings. The maximum atomic E-state index is 14.1. The monoisotopic (exact) mass is 356 g/mol. The van der Waals surface area contributed by atoms with E-state index in [1.807, 2.05) is 0 Å². The van der Waals surface area contributed by atoms with E-state index in [1.165, 1.54) is 18.2 Å². The largest absolute Gasteiger partial charge is 0.398 e. The van der Waals surface area contributed by atoms with Gasteiger partial charge in [-0.1, -0.05) is 11.6 Å². The van der Waals surface area contributed by atoms with Gasteiger partial charge in [0.15, 0.2) is 0 Å². The summed E-state index contributed by atoms with van der Waals surface area (Å²) < 4.78 is 14.1. The van der Waals surface area contributed by atoms with Crippen molar-refractivity contribution in [3.05, 3.63) is 70.3 Å². The number of nitrogens with two attached hydrogens (primary N) is 1. The lowest BCUT2D eigenvalue weighted by Gasteiger charge is -2.10. The molecule has 0 aliphatic carbocycles. The zero-order valence-electron chi connectivity index (χ0n) is 13.0. The molecule has 0 spiro atoms. The molecule has 7 heteroatoms. The first-order chi connectivity index (χ1) is 12.0. The van der Waals surface area contributed by atoms with Gasteiger partial charge < -0.3 is 16.2 Å². The summed E-state index contributed by atoms with van der Waals surface area (Å²) >= 11 is 5.92. The number of pyridine rings is 2. The second kappa shape index (κ2) is 6.96. The smallest absolute Gasteiger partial charge is 0.132 e. The van der Waals surface area contributed by atoms with Crippen LogP contribution in [0.15, 0.2) is 42.6 Å². The molecular formula is C18H14ClFN4O. The molecule has 25 heavy (non-hydrogen) atoms. The Morgan fingerprint density at radius 1 is 1.24 bits per heavy atom. The van der Waals surface area contributed by atoms with Crippen molar-refractivity contribution in [3.63, 3.8) is 0 Å². The number of aliphatic hydroxyl groups is 1. The third-order valence-electron chi connectivity index (χ3n) is 3.71. The Kier molecular flexibility index (Phi) is 4.74. The Hall–Kier alpha value is -2.83. The predicted octanol–water partition coefficient (Wildman–Crippen LogP) is 3.39. The van der Waals surface area contributed by atoms with Gasteiger partial charge in [-0.2, -0.15) is 0 Å². The van der Waals surface area contributed by atoms with Crippen LogP contribution in [0.1, 0.15) is 16.8 Å². The first kappa shape index (κ1) is 17.0. The highest BCUT2D eigenvalue weighted by Gasteiger charge is 2.13. The molecule has 0 aliphatic rings. The van der Waals surface area contributed by atoms with Crippen LogP contribution >= 0.6 is 11.6 Å². The van der Waals surface area contributed by atoms with Crippen molar-refractivity contribution in [2.45, 2.75) is 6.61 Å². The normalized spacial score (nSPS) is 12.1. The van der Waals surface area contributed by atoms with Gasteiger partial charge in [0.1, 0.15) is 5.82 Å². The molecule has 3 rings (SSSR count). The van der Waals surface area contributed by atoms with Crippen molar-refractivity contribution in [3.8, 4) is 0 Å². The number of rotatable bonds is 4. The molecule has 0 aliphatic heterocycles. The van der Waals surface area contributed by atoms with Crippen LogP contribution in [-0.4, -0.2) is 21.3 Å². The molecule has 0 bridgehead atoms. The number of fused-ring (bicyclic) bond motifs is 1. The van der Waals surface area contributed by atoms with Gasteiger partial charge in [-0.25, -0.2) is 9.37 Å². The standard InChI is InChI=1S/C18H14ClFN4O/c19-11-1-2-14(20)12(6-11)18(22)13(7-21)15-3-4-16-17(24-15)5-10(9-25)8-23-16/h1-8,21,25H,9,22H2. The summed E-state index contributed by atoms with van der Waals surface area (Å²) in [5.41, 5.74) is 8.71. The fourth-order valence-electron chi connectivity index (χ4n) is 2.42. The molecule has 0 saturated carbocycles. The molecule has 126 valence electrons. The molecule has 2 heterocycles. The van der Waals surface area contributed by atoms with E-state index in [0.717, 1.165) is 6.21 Å². The zero-order chi connectivity index (χ0) is 18.0. The Balaban J connectivity index is 2.18. The van der Waals surface area contributed by atoms with Gasteiger partial charge in [0.05, 0.1) is 29.0 Å². The Bertz CT molecular complexity index is 1000. The number of hydrogen-bond donors (Lipinski definition) is 3. The van der Waals surface area contributed by atoms with E-state index in [4.69, 9.17) is 22.7 Å². The van der Waals surface area contributed by atoms with E-state index < -0.39 is 5.82 Å². The summed E-state index contributed by atoms with van der Waals surface area (Å²) in [5.74, 6) is -0.536. The average molecular weight is 357 g/mol. The average Bonchev–Trinajstić information content (AvgIpc) is 2.63. The van der Waals surface area contributed by atoms with Gasteiger partial charge in [-0.3, -0.25) is 4.98 Å². The maximum absolute atomic E-state index is 14.1. The third kappa shape index (κ3) is 3.35. The van der Waals surface area contributed by atoms with Crippen LogP contribution in [0.3, 0.4) is 0 Å². The third-order valence-corrected chi connectivity index (χ3v) is 3.94. The van der Waals surface area contributed by atoms with Crippen LogP contribution in [-0.2, 0) is 6.61 Å². The first-order valence-corrected chi connectivity index (χ1v) is 7.74. The summed E-state index contributed by atoms with van der Waals surface area (Å²) in [5, 5.41) is 17.2. The summed E-state index contributed by atoms with van der Waals surface area (Å²) in [6.45, 7) is -0.155. The van der Waals surface area contributed by atoms with Gasteiger partial charge in [0, 0.05) is 28.6 Å². The van der Waals surface area contributed by atoms with Crippen molar-refractivity contribution in [1.82, 2.24) is 9.97 Å². The van der Waals surface area contributed by atoms with Crippen molar-refractivity contribution >= 4 is 40.1 Å². The van der Waals surface area contributed by atoms with E-state index in [2.05, 4.69) is 9.97 Å². The van der Waals surface area contributed by atoms with E-state index in [1.54, 1.807) is 24.4 Å². The summed E-state index contributed by atoms with van der Waals surface area (Å²) in [7, 11) is 0. The van der Waals surface area contributed by atoms with Crippen LogP contribution in [0, 0.1) is 11.2 Å². The minimum Gasteiger partial charge on any atom is -0.398 e. The summed E-state index contributed by atoms with van der Waals surface area (Å²) in [4.78, 5) is 8.64. The molecule has 4 N–H and O–H groups in total. The van der Waals surface area contributed by atoms with Crippen LogP contribution in [0.25, 0.3) is 22.3 Å². The van der Waals surface area contributed by atoms with Crippen molar-refractivity contribution < 1.29 is 9.50 Å². The van der Waals surface area contributed by atoms with Crippen molar-refractivity contribution in [2.24, 2.45) is 5.73 Å². The van der Waals surface area contributed by atoms with Crippen LogP contribution in [0.4, 0.5) is 4.39 Å². The lowest BCUT2D eigenvalue weighted by molar-refractivity contribution is 0.281. The topological polar surface area (TPSA) is 95.9 Å². The van der Waals surface area contributed by atoms with Crippen molar-refractivity contribution in [2.75, 3.05) is 0 Å². The molecule has 3 aromatic rings. The molecule has 5 nitrogen and oxygen atoms in total. The van der Waals surface area contributed by atoms with Gasteiger partial charge >= 0.3 is 0 Å². The molecule has 1 aromatic carbocycles. The van der Waals surface area contributed by atoms with E-state index in [-0.39, 0.29) is 23.4 Å². The first-order valence-electron chi connectivity index (χ1n) is 7.36. The second-order valence-electron chi connectivity index (χ2n) is 5.33. The lowest BCUT2D eigenvalue weighted by Crippen LogP contribution is -2.06. The zero-order valence-corrected chi connectivity index (χ0v) is 13.8. The van der Waals surface area contributed by atoms with Crippen LogP contribution in [0.5, 0.6) is 0 Å². The Morgan fingerprint density at radius 3 is 2.76 bits per heavy atom. The fourth-order valence-corrected chi connectivity index (χ4v) is 2.60. The van der Waals surface area contributed by atoms with Gasteiger partial charge in [-0.05, 0) is 42.0 Å². The highest BCUT2D eigenvalue weighted by atomic mass is 35.5.